The fourth-order valence-corrected chi connectivity index (χ4v) is 8.21. The summed E-state index contributed by atoms with van der Waals surface area (Å²) >= 11 is 0. The normalized spacial score (nSPS) is 19.5. The van der Waals surface area contributed by atoms with Gasteiger partial charge in [-0.2, -0.15) is 0 Å². The molecule has 66 heavy (non-hydrogen) atoms. The summed E-state index contributed by atoms with van der Waals surface area (Å²) in [4.78, 5) is 65.6. The van der Waals surface area contributed by atoms with Crippen LogP contribution in [0.4, 0.5) is 0 Å². The summed E-state index contributed by atoms with van der Waals surface area (Å²) in [6.07, 6.45) is 34.0. The summed E-state index contributed by atoms with van der Waals surface area (Å²) in [6, 6.07) is 0. The lowest BCUT2D eigenvalue weighted by atomic mass is 9.88. The van der Waals surface area contributed by atoms with Crippen molar-refractivity contribution >= 4 is 33.4 Å². The SMILES string of the molecule is CCCCC/C=C\C/C=C\C/C=C\C/C=C\CCCCCC(=O)OC[C@H](COP(=O)(O)OC[C@@H](O)COP(=O)(O)O)OC(=O)CCCCCC[C@H]1[C@@H](O)CC(=O)[C@@H]1/C=C/[C@@H](O)CCCCC. The van der Waals surface area contributed by atoms with Gasteiger partial charge in [-0.15, -0.1) is 0 Å². The molecule has 0 radical (unpaired) electrons. The number of aliphatic hydroxyl groups is 3. The molecule has 18 heteroatoms. The number of unbranched alkanes of at least 4 members (excludes halogenated alkanes) is 11. The highest BCUT2D eigenvalue weighted by Gasteiger charge is 2.39. The van der Waals surface area contributed by atoms with Crippen molar-refractivity contribution in [1.29, 1.82) is 0 Å². The monoisotopic (exact) mass is 977 g/mol. The molecule has 6 N–H and O–H groups in total. The molecule has 1 saturated carbocycles. The van der Waals surface area contributed by atoms with E-state index in [1.54, 1.807) is 12.2 Å². The maximum atomic E-state index is 12.8. The third-order valence-corrected chi connectivity index (χ3v) is 12.2. The number of ether oxygens (including phenoxy) is 2. The Bertz CT molecular complexity index is 1560. The van der Waals surface area contributed by atoms with Gasteiger partial charge >= 0.3 is 27.6 Å². The molecule has 0 amide bonds. The Balaban J connectivity index is 2.53. The van der Waals surface area contributed by atoms with Gasteiger partial charge in [0.1, 0.15) is 18.5 Å². The Kier molecular flexibility index (Phi) is 35.6. The first kappa shape index (κ1) is 61.4. The van der Waals surface area contributed by atoms with Gasteiger partial charge < -0.3 is 39.5 Å². The zero-order valence-corrected chi connectivity index (χ0v) is 41.3. The second-order valence-corrected chi connectivity index (χ2v) is 19.5. The van der Waals surface area contributed by atoms with E-state index in [1.807, 2.05) is 0 Å². The first-order valence-corrected chi connectivity index (χ1v) is 27.1. The molecule has 380 valence electrons. The lowest BCUT2D eigenvalue weighted by Crippen LogP contribution is -2.30. The number of esters is 2. The van der Waals surface area contributed by atoms with Crippen molar-refractivity contribution in [2.75, 3.05) is 26.4 Å². The van der Waals surface area contributed by atoms with Gasteiger partial charge in [-0.1, -0.05) is 132 Å². The number of carbonyl (C=O) groups excluding carboxylic acids is 3. The molecule has 0 aliphatic heterocycles. The minimum atomic E-state index is -4.90. The third kappa shape index (κ3) is 34.7. The van der Waals surface area contributed by atoms with Crippen molar-refractivity contribution in [3.63, 3.8) is 0 Å². The van der Waals surface area contributed by atoms with Gasteiger partial charge in [0.05, 0.1) is 32.0 Å². The fraction of sp³-hybridized carbons (Fsp3) is 0.729. The van der Waals surface area contributed by atoms with Crippen LogP contribution in [-0.4, -0.2) is 98.6 Å². The van der Waals surface area contributed by atoms with Gasteiger partial charge in [-0.05, 0) is 76.5 Å². The van der Waals surface area contributed by atoms with E-state index in [0.29, 0.717) is 44.9 Å². The molecular formula is C48H82O16P2. The number of ketones is 1. The molecule has 0 aromatic carbocycles. The summed E-state index contributed by atoms with van der Waals surface area (Å²) < 4.78 is 47.9. The summed E-state index contributed by atoms with van der Waals surface area (Å²) in [5, 5.41) is 30.6. The minimum Gasteiger partial charge on any atom is -0.462 e. The average molecular weight is 977 g/mol. The highest BCUT2D eigenvalue weighted by molar-refractivity contribution is 7.47. The zero-order valence-electron chi connectivity index (χ0n) is 39.5. The molecule has 0 aromatic heterocycles. The molecule has 1 unspecified atom stereocenters. The van der Waals surface area contributed by atoms with Crippen molar-refractivity contribution in [2.45, 2.75) is 186 Å². The van der Waals surface area contributed by atoms with Crippen molar-refractivity contribution in [3.05, 3.63) is 60.8 Å². The molecule has 0 spiro atoms. The number of hydrogen-bond acceptors (Lipinski definition) is 13. The number of phosphoric acid groups is 2. The predicted octanol–water partition coefficient (Wildman–Crippen LogP) is 9.38. The van der Waals surface area contributed by atoms with Gasteiger partial charge in [0.15, 0.2) is 6.10 Å². The highest BCUT2D eigenvalue weighted by Crippen LogP contribution is 2.44. The molecule has 0 saturated heterocycles. The molecular weight excluding hydrogens is 894 g/mol. The number of aliphatic hydroxyl groups excluding tert-OH is 3. The van der Waals surface area contributed by atoms with E-state index in [-0.39, 0.29) is 31.0 Å². The summed E-state index contributed by atoms with van der Waals surface area (Å²) in [7, 11) is -9.79. The van der Waals surface area contributed by atoms with Crippen LogP contribution >= 0.6 is 15.6 Å². The van der Waals surface area contributed by atoms with Gasteiger partial charge in [0.25, 0.3) is 0 Å². The maximum Gasteiger partial charge on any atom is 0.472 e. The van der Waals surface area contributed by atoms with Gasteiger partial charge in [0, 0.05) is 25.2 Å². The van der Waals surface area contributed by atoms with Crippen LogP contribution in [-0.2, 0) is 46.6 Å². The Hall–Kier alpha value is -2.59. The number of allylic oxidation sites excluding steroid dienone is 9. The van der Waals surface area contributed by atoms with E-state index in [4.69, 9.17) is 23.8 Å². The Labute approximate surface area is 393 Å². The van der Waals surface area contributed by atoms with Crippen LogP contribution in [0.25, 0.3) is 0 Å². The molecule has 1 aliphatic carbocycles. The number of Topliss-reactive ketones (excluding diaryl/α,β-unsaturated/α-hetero) is 1. The lowest BCUT2D eigenvalue weighted by Gasteiger charge is -2.20. The van der Waals surface area contributed by atoms with E-state index in [2.05, 4.69) is 71.5 Å². The van der Waals surface area contributed by atoms with Crippen LogP contribution in [0, 0.1) is 11.8 Å². The molecule has 7 atom stereocenters. The summed E-state index contributed by atoms with van der Waals surface area (Å²) in [5.74, 6) is -1.96. The van der Waals surface area contributed by atoms with E-state index >= 15 is 0 Å². The van der Waals surface area contributed by atoms with Crippen molar-refractivity contribution < 1.29 is 76.6 Å². The first-order chi connectivity index (χ1) is 31.6. The Morgan fingerprint density at radius 2 is 1.20 bits per heavy atom. The van der Waals surface area contributed by atoms with E-state index in [9.17, 15) is 43.7 Å². The second-order valence-electron chi connectivity index (χ2n) is 16.8. The number of hydrogen-bond donors (Lipinski definition) is 6. The maximum absolute atomic E-state index is 12.8. The van der Waals surface area contributed by atoms with Crippen molar-refractivity contribution in [2.24, 2.45) is 11.8 Å². The predicted molar refractivity (Wildman–Crippen MR) is 254 cm³/mol. The topological polar surface area (TPSA) is 253 Å². The van der Waals surface area contributed by atoms with Crippen LogP contribution < -0.4 is 0 Å². The largest absolute Gasteiger partial charge is 0.472 e. The van der Waals surface area contributed by atoms with E-state index in [0.717, 1.165) is 64.2 Å². The van der Waals surface area contributed by atoms with Crippen LogP contribution in [0.1, 0.15) is 162 Å². The fourth-order valence-electron chi connectivity index (χ4n) is 7.06. The second kappa shape index (κ2) is 38.3. The van der Waals surface area contributed by atoms with Crippen molar-refractivity contribution in [3.8, 4) is 0 Å². The Morgan fingerprint density at radius 1 is 0.667 bits per heavy atom. The van der Waals surface area contributed by atoms with Crippen molar-refractivity contribution in [1.82, 2.24) is 0 Å². The van der Waals surface area contributed by atoms with Crippen LogP contribution in [0.5, 0.6) is 0 Å². The first-order valence-electron chi connectivity index (χ1n) is 24.1. The number of phosphoric ester groups is 2. The van der Waals surface area contributed by atoms with E-state index in [1.165, 1.54) is 19.3 Å². The van der Waals surface area contributed by atoms with Gasteiger partial charge in [-0.25, -0.2) is 9.13 Å². The zero-order chi connectivity index (χ0) is 48.9. The molecule has 1 rings (SSSR count). The Morgan fingerprint density at radius 3 is 1.82 bits per heavy atom. The van der Waals surface area contributed by atoms with Gasteiger partial charge in [-0.3, -0.25) is 28.0 Å². The minimum absolute atomic E-state index is 0.0191. The lowest BCUT2D eigenvalue weighted by molar-refractivity contribution is -0.161. The van der Waals surface area contributed by atoms with Crippen LogP contribution in [0.15, 0.2) is 60.8 Å². The average Bonchev–Trinajstić information content (AvgIpc) is 3.54. The molecule has 1 aliphatic rings. The van der Waals surface area contributed by atoms with Crippen LogP contribution in [0.3, 0.4) is 0 Å². The highest BCUT2D eigenvalue weighted by atomic mass is 31.2. The third-order valence-electron chi connectivity index (χ3n) is 10.8. The summed E-state index contributed by atoms with van der Waals surface area (Å²) in [6.45, 7) is 1.33. The standard InChI is InChI=1S/C48H82O16P2/c1-3-5-7-8-9-10-11-12-13-14-15-16-17-18-19-20-21-22-27-31-47(53)60-38-42(39-63-66(58,59)62-37-41(50)36-61-65(55,56)57)64-48(54)32-28-24-23-26-30-43-44(46(52)35-45(43)51)34-33-40(49)29-25-6-4-2/h9-10,12-13,15-16,18-19,33-34,40-45,49-51H,3-8,11,14,17,20-32,35-39H2,1-2H3,(H,58,59)(H2,55,56,57)/b10-9-,13-12-,16-15-,19-18-,34-33+/t40-,41-,42+,43+,44+,45-/m0/s1. The molecule has 0 bridgehead atoms. The smallest absolute Gasteiger partial charge is 0.462 e. The molecule has 0 aromatic rings. The van der Waals surface area contributed by atoms with Gasteiger partial charge in [0.2, 0.25) is 0 Å². The van der Waals surface area contributed by atoms with Crippen LogP contribution in [0.2, 0.25) is 0 Å². The molecule has 0 heterocycles. The molecule has 16 nitrogen and oxygen atoms in total. The van der Waals surface area contributed by atoms with E-state index < -0.39 is 84.3 Å². The quantitative estimate of drug-likeness (QED) is 0.0144. The number of carbonyl (C=O) groups is 3. The number of rotatable bonds is 41. The summed E-state index contributed by atoms with van der Waals surface area (Å²) in [5.41, 5.74) is 0. The molecule has 1 fully saturated rings.